The Labute approximate surface area is 128 Å². The summed E-state index contributed by atoms with van der Waals surface area (Å²) in [5.41, 5.74) is 1.40. The van der Waals surface area contributed by atoms with E-state index in [1.807, 2.05) is 0 Å². The summed E-state index contributed by atoms with van der Waals surface area (Å²) < 4.78 is 6.09. The molecule has 0 unspecified atom stereocenters. The van der Waals surface area contributed by atoms with Crippen LogP contribution in [0.5, 0.6) is 11.6 Å². The second-order valence-electron chi connectivity index (χ2n) is 4.05. The molecule has 8 heteroatoms. The fraction of sp³-hybridized carbons (Fsp3) is 0.167. The number of hydrogen-bond acceptors (Lipinski definition) is 5. The molecule has 0 atom stereocenters. The van der Waals surface area contributed by atoms with Crippen LogP contribution in [0.4, 0.5) is 5.69 Å². The number of nitrogens with zero attached hydrogens (tertiary/aromatic N) is 3. The van der Waals surface area contributed by atoms with Crippen molar-refractivity contribution < 1.29 is 9.66 Å². The van der Waals surface area contributed by atoms with E-state index in [-0.39, 0.29) is 11.6 Å². The summed E-state index contributed by atoms with van der Waals surface area (Å²) >= 11 is 9.05. The smallest absolute Gasteiger partial charge is 0.274 e. The molecule has 0 saturated heterocycles. The van der Waals surface area contributed by atoms with Gasteiger partial charge in [-0.25, -0.2) is 0 Å². The van der Waals surface area contributed by atoms with Crippen LogP contribution in [0.15, 0.2) is 22.7 Å². The average molecular weight is 359 g/mol. The summed E-state index contributed by atoms with van der Waals surface area (Å²) in [5, 5.41) is 18.7. The van der Waals surface area contributed by atoms with E-state index in [4.69, 9.17) is 16.3 Å². The van der Waals surface area contributed by atoms with Gasteiger partial charge in [-0.2, -0.15) is 0 Å². The van der Waals surface area contributed by atoms with Gasteiger partial charge >= 0.3 is 0 Å². The molecule has 104 valence electrons. The third kappa shape index (κ3) is 3.05. The molecule has 0 spiro atoms. The zero-order valence-electron chi connectivity index (χ0n) is 10.6. The second kappa shape index (κ2) is 5.72. The molecular formula is C12H9BrClN3O3. The van der Waals surface area contributed by atoms with Gasteiger partial charge in [0.2, 0.25) is 5.88 Å². The number of hydrogen-bond donors (Lipinski definition) is 0. The molecule has 0 aliphatic heterocycles. The topological polar surface area (TPSA) is 78.2 Å². The van der Waals surface area contributed by atoms with E-state index >= 15 is 0 Å². The normalized spacial score (nSPS) is 10.4. The molecule has 0 aliphatic rings. The molecule has 0 aliphatic carbocycles. The summed E-state index contributed by atoms with van der Waals surface area (Å²) in [6.45, 7) is 3.58. The van der Waals surface area contributed by atoms with Crippen LogP contribution in [0.1, 0.15) is 11.1 Å². The lowest BCUT2D eigenvalue weighted by Gasteiger charge is -2.09. The Morgan fingerprint density at radius 1 is 1.25 bits per heavy atom. The number of nitro groups is 1. The first kappa shape index (κ1) is 14.7. The highest BCUT2D eigenvalue weighted by molar-refractivity contribution is 9.10. The lowest BCUT2D eigenvalue weighted by molar-refractivity contribution is -0.385. The minimum atomic E-state index is -0.497. The largest absolute Gasteiger partial charge is 0.437 e. The molecule has 20 heavy (non-hydrogen) atoms. The zero-order valence-corrected chi connectivity index (χ0v) is 12.9. The molecule has 0 bridgehead atoms. The number of halogens is 2. The molecule has 1 aromatic heterocycles. The van der Waals surface area contributed by atoms with Crippen molar-refractivity contribution >= 4 is 33.2 Å². The van der Waals surface area contributed by atoms with E-state index in [2.05, 4.69) is 26.1 Å². The van der Waals surface area contributed by atoms with Crippen LogP contribution in [0.2, 0.25) is 5.15 Å². The van der Waals surface area contributed by atoms with E-state index in [1.165, 1.54) is 12.1 Å². The van der Waals surface area contributed by atoms with Crippen molar-refractivity contribution in [2.24, 2.45) is 0 Å². The summed E-state index contributed by atoms with van der Waals surface area (Å²) in [7, 11) is 0. The van der Waals surface area contributed by atoms with Crippen LogP contribution >= 0.6 is 27.5 Å². The number of non-ortho nitro benzene ring substituents is 1. The maximum absolute atomic E-state index is 10.8. The Hall–Kier alpha value is -1.73. The highest BCUT2D eigenvalue weighted by atomic mass is 79.9. The first-order valence-corrected chi connectivity index (χ1v) is 6.68. The Bertz CT molecular complexity index is 694. The molecule has 0 saturated carbocycles. The van der Waals surface area contributed by atoms with Gasteiger partial charge < -0.3 is 4.74 Å². The molecule has 0 radical (unpaired) electrons. The molecular weight excluding hydrogens is 350 g/mol. The Morgan fingerprint density at radius 2 is 1.95 bits per heavy atom. The standard InChI is InChI=1S/C12H9BrClN3O3/c1-6-7(2)12(16-15-11(6)14)20-10-4-8(13)3-9(5-10)17(18)19/h3-5H,1-2H3. The van der Waals surface area contributed by atoms with Crippen LogP contribution in [-0.2, 0) is 0 Å². The third-order valence-corrected chi connectivity index (χ3v) is 3.52. The van der Waals surface area contributed by atoms with Crippen LogP contribution in [-0.4, -0.2) is 15.1 Å². The first-order valence-electron chi connectivity index (χ1n) is 5.50. The number of rotatable bonds is 3. The van der Waals surface area contributed by atoms with E-state index in [0.29, 0.717) is 15.4 Å². The van der Waals surface area contributed by atoms with Gasteiger partial charge in [-0.3, -0.25) is 10.1 Å². The van der Waals surface area contributed by atoms with Crippen LogP contribution in [0, 0.1) is 24.0 Å². The minimum Gasteiger partial charge on any atom is -0.437 e. The predicted molar refractivity (Wildman–Crippen MR) is 77.4 cm³/mol. The SMILES string of the molecule is Cc1c(Cl)nnc(Oc2cc(Br)cc([N+](=O)[O-])c2)c1C. The summed E-state index contributed by atoms with van der Waals surface area (Å²) in [6.07, 6.45) is 0. The summed E-state index contributed by atoms with van der Waals surface area (Å²) in [5.74, 6) is 0.560. The third-order valence-electron chi connectivity index (χ3n) is 2.70. The molecule has 0 amide bonds. The van der Waals surface area contributed by atoms with E-state index in [0.717, 1.165) is 11.1 Å². The van der Waals surface area contributed by atoms with Crippen LogP contribution in [0.25, 0.3) is 0 Å². The lowest BCUT2D eigenvalue weighted by Crippen LogP contribution is -1.98. The van der Waals surface area contributed by atoms with Gasteiger partial charge in [-0.1, -0.05) is 27.5 Å². The lowest BCUT2D eigenvalue weighted by atomic mass is 10.2. The fourth-order valence-electron chi connectivity index (χ4n) is 1.48. The van der Waals surface area contributed by atoms with Crippen molar-refractivity contribution in [2.45, 2.75) is 13.8 Å². The van der Waals surface area contributed by atoms with Crippen molar-refractivity contribution in [1.29, 1.82) is 0 Å². The summed E-state index contributed by atoms with van der Waals surface area (Å²) in [4.78, 5) is 10.3. The molecule has 1 aromatic carbocycles. The molecule has 0 fully saturated rings. The fourth-order valence-corrected chi connectivity index (χ4v) is 2.11. The average Bonchev–Trinajstić information content (AvgIpc) is 2.39. The maximum Gasteiger partial charge on any atom is 0.274 e. The molecule has 6 nitrogen and oxygen atoms in total. The van der Waals surface area contributed by atoms with Crippen LogP contribution in [0.3, 0.4) is 0 Å². The number of aromatic nitrogens is 2. The number of nitro benzene ring substituents is 1. The van der Waals surface area contributed by atoms with Gasteiger partial charge in [-0.05, 0) is 25.5 Å². The van der Waals surface area contributed by atoms with Gasteiger partial charge in [0.15, 0.2) is 5.15 Å². The quantitative estimate of drug-likeness (QED) is 0.606. The number of ether oxygens (including phenoxy) is 1. The van der Waals surface area contributed by atoms with Gasteiger partial charge in [0.1, 0.15) is 5.75 Å². The highest BCUT2D eigenvalue weighted by Crippen LogP contribution is 2.31. The van der Waals surface area contributed by atoms with E-state index < -0.39 is 4.92 Å². The number of benzene rings is 1. The first-order chi connectivity index (χ1) is 9.38. The van der Waals surface area contributed by atoms with E-state index in [1.54, 1.807) is 19.9 Å². The molecule has 1 heterocycles. The highest BCUT2D eigenvalue weighted by Gasteiger charge is 2.14. The minimum absolute atomic E-state index is 0.0781. The Kier molecular flexibility index (Phi) is 4.20. The molecule has 0 N–H and O–H groups in total. The second-order valence-corrected chi connectivity index (χ2v) is 5.32. The van der Waals surface area contributed by atoms with Crippen LogP contribution < -0.4 is 4.74 Å². The maximum atomic E-state index is 10.8. The van der Waals surface area contributed by atoms with Crippen molar-refractivity contribution in [2.75, 3.05) is 0 Å². The van der Waals surface area contributed by atoms with Crippen molar-refractivity contribution in [3.05, 3.63) is 49.1 Å². The Balaban J connectivity index is 2.40. The van der Waals surface area contributed by atoms with Crippen molar-refractivity contribution in [3.63, 3.8) is 0 Å². The predicted octanol–water partition coefficient (Wildman–Crippen LogP) is 4.21. The summed E-state index contributed by atoms with van der Waals surface area (Å²) in [6, 6.07) is 4.31. The molecule has 2 aromatic rings. The van der Waals surface area contributed by atoms with Gasteiger partial charge in [0.25, 0.3) is 5.69 Å². The van der Waals surface area contributed by atoms with Crippen molar-refractivity contribution in [1.82, 2.24) is 10.2 Å². The monoisotopic (exact) mass is 357 g/mol. The van der Waals surface area contributed by atoms with E-state index in [9.17, 15) is 10.1 Å². The van der Waals surface area contributed by atoms with Gasteiger partial charge in [0.05, 0.1) is 11.0 Å². The van der Waals surface area contributed by atoms with Crippen molar-refractivity contribution in [3.8, 4) is 11.6 Å². The zero-order chi connectivity index (χ0) is 14.9. The van der Waals surface area contributed by atoms with Gasteiger partial charge in [0, 0.05) is 16.1 Å². The Morgan fingerprint density at radius 3 is 2.60 bits per heavy atom. The molecule has 2 rings (SSSR count). The van der Waals surface area contributed by atoms with Gasteiger partial charge in [-0.15, -0.1) is 10.2 Å².